The Morgan fingerprint density at radius 2 is 2.29 bits per heavy atom. The molecule has 0 bridgehead atoms. The van der Waals surface area contributed by atoms with Gasteiger partial charge in [-0.15, -0.1) is 0 Å². The molecule has 2 fully saturated rings. The fourth-order valence-electron chi connectivity index (χ4n) is 3.57. The lowest BCUT2D eigenvalue weighted by Gasteiger charge is -2.36. The fraction of sp³-hybridized carbons (Fsp3) is 0.750. The number of carbonyl (C=O) groups is 1. The van der Waals surface area contributed by atoms with E-state index in [4.69, 9.17) is 0 Å². The second-order valence-electron chi connectivity index (χ2n) is 7.38. The van der Waals surface area contributed by atoms with E-state index in [1.54, 1.807) is 4.68 Å². The summed E-state index contributed by atoms with van der Waals surface area (Å²) in [5.41, 5.74) is 0.256. The Balaban J connectivity index is 1.54. The quantitative estimate of drug-likeness (QED) is 0.885. The minimum absolute atomic E-state index is 0.0438. The summed E-state index contributed by atoms with van der Waals surface area (Å²) in [6.45, 7) is 4.54. The summed E-state index contributed by atoms with van der Waals surface area (Å²) in [4.78, 5) is 12.3. The maximum absolute atomic E-state index is 12.3. The Morgan fingerprint density at radius 1 is 1.52 bits per heavy atom. The van der Waals surface area contributed by atoms with Gasteiger partial charge in [-0.25, -0.2) is 0 Å². The van der Waals surface area contributed by atoms with Crippen molar-refractivity contribution in [2.24, 2.45) is 18.4 Å². The first-order valence-electron chi connectivity index (χ1n) is 7.81. The second kappa shape index (κ2) is 4.83. The van der Waals surface area contributed by atoms with Gasteiger partial charge in [-0.05, 0) is 42.6 Å². The predicted octanol–water partition coefficient (Wildman–Crippen LogP) is 1.58. The van der Waals surface area contributed by atoms with Gasteiger partial charge in [-0.1, -0.05) is 13.8 Å². The van der Waals surface area contributed by atoms with E-state index in [9.17, 15) is 9.90 Å². The topological polar surface area (TPSA) is 67.2 Å². The zero-order chi connectivity index (χ0) is 15.3. The Kier molecular flexibility index (Phi) is 3.35. The van der Waals surface area contributed by atoms with Gasteiger partial charge in [0.25, 0.3) is 0 Å². The molecule has 2 N–H and O–H groups in total. The van der Waals surface area contributed by atoms with E-state index in [0.29, 0.717) is 12.5 Å². The number of rotatable bonds is 4. The molecule has 2 saturated carbocycles. The van der Waals surface area contributed by atoms with Crippen molar-refractivity contribution in [2.45, 2.75) is 51.0 Å². The molecule has 3 atom stereocenters. The molecule has 2 aliphatic rings. The third-order valence-corrected chi connectivity index (χ3v) is 5.49. The fourth-order valence-corrected chi connectivity index (χ4v) is 3.57. The molecular formula is C16H25N3O2. The van der Waals surface area contributed by atoms with Crippen LogP contribution in [0.25, 0.3) is 0 Å². The molecule has 0 spiro atoms. The molecular weight excluding hydrogens is 266 g/mol. The smallest absolute Gasteiger partial charge is 0.223 e. The summed E-state index contributed by atoms with van der Waals surface area (Å²) < 4.78 is 1.77. The lowest BCUT2D eigenvalue weighted by molar-refractivity contribution is -0.125. The average Bonchev–Trinajstić information content (AvgIpc) is 3.03. The van der Waals surface area contributed by atoms with Crippen LogP contribution in [0.5, 0.6) is 0 Å². The number of hydrogen-bond donors (Lipinski definition) is 2. The second-order valence-corrected chi connectivity index (χ2v) is 7.38. The molecule has 116 valence electrons. The van der Waals surface area contributed by atoms with Gasteiger partial charge in [-0.2, -0.15) is 5.10 Å². The molecule has 1 aromatic rings. The van der Waals surface area contributed by atoms with E-state index >= 15 is 0 Å². The van der Waals surface area contributed by atoms with Crippen LogP contribution in [-0.4, -0.2) is 32.9 Å². The van der Waals surface area contributed by atoms with Crippen LogP contribution in [0, 0.1) is 11.3 Å². The number of aromatic nitrogens is 2. The van der Waals surface area contributed by atoms with Crippen molar-refractivity contribution in [1.82, 2.24) is 15.1 Å². The van der Waals surface area contributed by atoms with Crippen LogP contribution in [0.1, 0.15) is 51.0 Å². The summed E-state index contributed by atoms with van der Waals surface area (Å²) in [5.74, 6) is 0.409. The third kappa shape index (κ3) is 2.59. The molecule has 3 rings (SSSR count). The number of aliphatic hydroxyl groups is 1. The van der Waals surface area contributed by atoms with Crippen molar-refractivity contribution >= 4 is 5.91 Å². The van der Waals surface area contributed by atoms with Gasteiger partial charge in [-0.3, -0.25) is 9.48 Å². The molecule has 21 heavy (non-hydrogen) atoms. The monoisotopic (exact) mass is 291 g/mol. The van der Waals surface area contributed by atoms with Gasteiger partial charge in [0.05, 0.1) is 11.8 Å². The first-order valence-corrected chi connectivity index (χ1v) is 7.81. The van der Waals surface area contributed by atoms with Crippen molar-refractivity contribution in [1.29, 1.82) is 0 Å². The molecule has 2 aliphatic carbocycles. The Labute approximate surface area is 125 Å². The molecule has 0 aliphatic heterocycles. The number of aryl methyl sites for hydroxylation is 1. The molecule has 1 heterocycles. The van der Waals surface area contributed by atoms with E-state index in [1.807, 2.05) is 19.4 Å². The van der Waals surface area contributed by atoms with Gasteiger partial charge in [0.2, 0.25) is 5.91 Å². The first kappa shape index (κ1) is 14.6. The molecule has 5 nitrogen and oxygen atoms in total. The normalized spacial score (nSPS) is 33.9. The highest BCUT2D eigenvalue weighted by Gasteiger charge is 2.49. The van der Waals surface area contributed by atoms with Gasteiger partial charge >= 0.3 is 0 Å². The lowest BCUT2D eigenvalue weighted by Crippen LogP contribution is -2.49. The largest absolute Gasteiger partial charge is 0.387 e. The van der Waals surface area contributed by atoms with Crippen molar-refractivity contribution < 1.29 is 9.90 Å². The number of hydrogen-bond acceptors (Lipinski definition) is 3. The zero-order valence-electron chi connectivity index (χ0n) is 13.1. The van der Waals surface area contributed by atoms with Gasteiger partial charge < -0.3 is 10.4 Å². The summed E-state index contributed by atoms with van der Waals surface area (Å²) in [6, 6.07) is 0. The SMILES string of the molecule is Cn1cc([C@@H]2C[C@H]2C(=O)NCC2(O)CCCC2(C)C)cn1. The van der Waals surface area contributed by atoms with Crippen LogP contribution in [0.3, 0.4) is 0 Å². The Bertz CT molecular complexity index is 551. The number of amides is 1. The summed E-state index contributed by atoms with van der Waals surface area (Å²) in [5, 5.41) is 17.9. The highest BCUT2D eigenvalue weighted by atomic mass is 16.3. The average molecular weight is 291 g/mol. The molecule has 1 aromatic heterocycles. The predicted molar refractivity (Wildman–Crippen MR) is 79.6 cm³/mol. The summed E-state index contributed by atoms with van der Waals surface area (Å²) in [6.07, 6.45) is 7.52. The minimum atomic E-state index is -0.763. The number of nitrogens with zero attached hydrogens (tertiary/aromatic N) is 2. The zero-order valence-corrected chi connectivity index (χ0v) is 13.1. The van der Waals surface area contributed by atoms with E-state index in [1.165, 1.54) is 0 Å². The number of carbonyl (C=O) groups excluding carboxylic acids is 1. The van der Waals surface area contributed by atoms with E-state index in [-0.39, 0.29) is 17.2 Å². The highest BCUT2D eigenvalue weighted by Crippen LogP contribution is 2.48. The van der Waals surface area contributed by atoms with Crippen molar-refractivity contribution in [3.63, 3.8) is 0 Å². The van der Waals surface area contributed by atoms with Crippen LogP contribution in [0.15, 0.2) is 12.4 Å². The maximum atomic E-state index is 12.3. The van der Waals surface area contributed by atoms with Crippen molar-refractivity contribution in [3.05, 3.63) is 18.0 Å². The maximum Gasteiger partial charge on any atom is 0.223 e. The molecule has 0 radical (unpaired) electrons. The van der Waals surface area contributed by atoms with E-state index in [2.05, 4.69) is 24.3 Å². The van der Waals surface area contributed by atoms with Crippen molar-refractivity contribution in [3.8, 4) is 0 Å². The van der Waals surface area contributed by atoms with Gasteiger partial charge in [0.1, 0.15) is 0 Å². The van der Waals surface area contributed by atoms with Crippen LogP contribution >= 0.6 is 0 Å². The molecule has 1 unspecified atom stereocenters. The van der Waals surface area contributed by atoms with E-state index in [0.717, 1.165) is 31.2 Å². The van der Waals surface area contributed by atoms with E-state index < -0.39 is 5.60 Å². The molecule has 0 saturated heterocycles. The molecule has 5 heteroatoms. The summed E-state index contributed by atoms with van der Waals surface area (Å²) in [7, 11) is 1.89. The summed E-state index contributed by atoms with van der Waals surface area (Å²) >= 11 is 0. The lowest BCUT2D eigenvalue weighted by atomic mass is 9.78. The van der Waals surface area contributed by atoms with Crippen LogP contribution in [0.4, 0.5) is 0 Å². The third-order valence-electron chi connectivity index (χ3n) is 5.49. The minimum Gasteiger partial charge on any atom is -0.387 e. The molecule has 1 amide bonds. The molecule has 0 aromatic carbocycles. The van der Waals surface area contributed by atoms with Crippen LogP contribution < -0.4 is 5.32 Å². The van der Waals surface area contributed by atoms with Gasteiger partial charge in [0.15, 0.2) is 0 Å². The Hall–Kier alpha value is -1.36. The first-order chi connectivity index (χ1) is 9.82. The number of nitrogens with one attached hydrogen (secondary N) is 1. The van der Waals surface area contributed by atoms with Gasteiger partial charge in [0, 0.05) is 25.7 Å². The highest BCUT2D eigenvalue weighted by molar-refractivity contribution is 5.82. The van der Waals surface area contributed by atoms with Crippen LogP contribution in [0.2, 0.25) is 0 Å². The van der Waals surface area contributed by atoms with Crippen LogP contribution in [-0.2, 0) is 11.8 Å². The standard InChI is InChI=1S/C16H25N3O2/c1-15(2)5-4-6-16(15,21)10-17-14(20)13-7-12(13)11-8-18-19(3)9-11/h8-9,12-13,21H,4-7,10H2,1-3H3,(H,17,20)/t12-,13+,16?/m0/s1. The Morgan fingerprint density at radius 3 is 2.86 bits per heavy atom. The van der Waals surface area contributed by atoms with Crippen molar-refractivity contribution in [2.75, 3.05) is 6.54 Å².